The van der Waals surface area contributed by atoms with Crippen molar-refractivity contribution in [2.75, 3.05) is 64.4 Å². The molecule has 13 heteroatoms. The van der Waals surface area contributed by atoms with Crippen LogP contribution in [0.25, 0.3) is 0 Å². The minimum Gasteiger partial charge on any atom is -0.469 e. The van der Waals surface area contributed by atoms with Crippen molar-refractivity contribution in [1.29, 1.82) is 0 Å². The minimum atomic E-state index is -3.45. The number of alkyl halides is 2. The van der Waals surface area contributed by atoms with E-state index < -0.39 is 27.1 Å². The highest BCUT2D eigenvalue weighted by atomic mass is 32.2. The number of rotatable bonds is 14. The summed E-state index contributed by atoms with van der Waals surface area (Å²) in [4.78, 5) is 31.2. The normalized spacial score (nSPS) is 25.3. The Morgan fingerprint density at radius 2 is 1.74 bits per heavy atom. The zero-order valence-corrected chi connectivity index (χ0v) is 31.7. The van der Waals surface area contributed by atoms with Gasteiger partial charge in [0.15, 0.2) is 15.5 Å². The van der Waals surface area contributed by atoms with E-state index in [2.05, 4.69) is 10.2 Å². The summed E-state index contributed by atoms with van der Waals surface area (Å²) in [5.41, 5.74) is 0.189. The highest BCUT2D eigenvalue weighted by Gasteiger charge is 2.53. The molecule has 3 atom stereocenters. The van der Waals surface area contributed by atoms with Gasteiger partial charge in [-0.2, -0.15) is 0 Å². The number of nitrogens with one attached hydrogen (secondary N) is 1. The smallest absolute Gasteiger partial charge is 0.305 e. The van der Waals surface area contributed by atoms with Gasteiger partial charge < -0.3 is 15.0 Å². The maximum absolute atomic E-state index is 16.4. The molecule has 1 amide bonds. The van der Waals surface area contributed by atoms with E-state index >= 15 is 4.39 Å². The summed E-state index contributed by atoms with van der Waals surface area (Å²) in [7, 11) is -2.06. The fourth-order valence-electron chi connectivity index (χ4n) is 9.96. The van der Waals surface area contributed by atoms with Crippen LogP contribution in [-0.4, -0.2) is 107 Å². The minimum absolute atomic E-state index is 0.0227. The lowest BCUT2D eigenvalue weighted by Crippen LogP contribution is -2.64. The summed E-state index contributed by atoms with van der Waals surface area (Å²) in [6.45, 7) is 4.65. The molecule has 9 nitrogen and oxygen atoms in total. The summed E-state index contributed by atoms with van der Waals surface area (Å²) >= 11 is 0. The molecule has 290 valence electrons. The number of likely N-dealkylation sites (tertiary alicyclic amines) is 2. The van der Waals surface area contributed by atoms with E-state index in [0.717, 1.165) is 43.4 Å². The number of carbonyl (C=O) groups excluding carboxylic acids is 2. The zero-order chi connectivity index (χ0) is 37.5. The molecule has 0 bridgehead atoms. The molecular weight excluding hydrogens is 706 g/mol. The maximum Gasteiger partial charge on any atom is 0.305 e. The summed E-state index contributed by atoms with van der Waals surface area (Å²) in [6.07, 6.45) is 4.79. The first-order chi connectivity index (χ1) is 25.3. The van der Waals surface area contributed by atoms with Crippen molar-refractivity contribution >= 4 is 27.4 Å². The van der Waals surface area contributed by atoms with Gasteiger partial charge in [-0.3, -0.25) is 19.4 Å². The third-order valence-corrected chi connectivity index (χ3v) is 15.1. The summed E-state index contributed by atoms with van der Waals surface area (Å²) in [5, 5.41) is 2.73. The molecule has 2 aliphatic carbocycles. The van der Waals surface area contributed by atoms with Crippen molar-refractivity contribution < 1.29 is 35.9 Å². The van der Waals surface area contributed by atoms with E-state index in [-0.39, 0.29) is 79.8 Å². The van der Waals surface area contributed by atoms with Crippen molar-refractivity contribution in [3.63, 3.8) is 0 Å². The van der Waals surface area contributed by atoms with E-state index in [4.69, 9.17) is 4.74 Å². The van der Waals surface area contributed by atoms with Crippen LogP contribution in [0.1, 0.15) is 69.4 Å². The topological polar surface area (TPSA) is 99.3 Å². The van der Waals surface area contributed by atoms with Gasteiger partial charge in [0.1, 0.15) is 12.0 Å². The SMILES string of the molecule is COC(=O)C[C@H]1CCC[C@@H]1[C@](CNC(C)=O)(c1cccc(F)c1)C1CCN(CC2(F)CN(c3ccc(S(=O)(=O)C4CC4)c(CN4CC(F)C4)c3)C2)CC1. The van der Waals surface area contributed by atoms with Crippen molar-refractivity contribution in [1.82, 2.24) is 15.1 Å². The standard InChI is InChI=1S/C40H53F3N4O5S/c1-27(48)44-23-40(31-6-4-7-32(41)19-31,36-8-3-5-28(36)18-38(49)52-2)30-13-15-45(16-14-30)24-39(43)25-47(26-39)34-9-12-37(53(50,51)35-10-11-35)29(17-34)20-46-21-33(42)22-46/h4,6-7,9,12,17,19,28,30,33,35-36H,3,5,8,10-11,13-16,18,20-26H2,1-2H3,(H,44,48)/t28-,36+,40+/m1/s1. The number of halogens is 3. The summed E-state index contributed by atoms with van der Waals surface area (Å²) in [5.74, 6) is -0.665. The van der Waals surface area contributed by atoms with Crippen LogP contribution < -0.4 is 10.2 Å². The predicted molar refractivity (Wildman–Crippen MR) is 196 cm³/mol. The van der Waals surface area contributed by atoms with Crippen LogP contribution >= 0.6 is 0 Å². The molecule has 7 rings (SSSR count). The van der Waals surface area contributed by atoms with Gasteiger partial charge in [0.05, 0.1) is 30.3 Å². The maximum atomic E-state index is 16.4. The zero-order valence-electron chi connectivity index (χ0n) is 30.9. The Kier molecular flexibility index (Phi) is 10.9. The Morgan fingerprint density at radius 3 is 2.38 bits per heavy atom. The molecule has 2 saturated carbocycles. The first kappa shape index (κ1) is 38.1. The Balaban J connectivity index is 1.05. The molecule has 0 spiro atoms. The highest BCUT2D eigenvalue weighted by molar-refractivity contribution is 7.92. The highest BCUT2D eigenvalue weighted by Crippen LogP contribution is 2.53. The van der Waals surface area contributed by atoms with Crippen LogP contribution in [0, 0.1) is 23.6 Å². The molecule has 0 radical (unpaired) electrons. The molecule has 5 fully saturated rings. The van der Waals surface area contributed by atoms with Gasteiger partial charge in [0, 0.05) is 57.2 Å². The number of hydrogen-bond acceptors (Lipinski definition) is 8. The first-order valence-electron chi connectivity index (χ1n) is 19.3. The molecule has 2 aromatic carbocycles. The number of anilines is 1. The Labute approximate surface area is 311 Å². The molecular formula is C40H53F3N4O5S. The number of methoxy groups -OCH3 is 1. The number of esters is 1. The summed E-state index contributed by atoms with van der Waals surface area (Å²) < 4.78 is 76.4. The van der Waals surface area contributed by atoms with Crippen LogP contribution in [0.15, 0.2) is 47.4 Å². The Morgan fingerprint density at radius 1 is 1.00 bits per heavy atom. The number of amides is 1. The molecule has 2 aromatic rings. The van der Waals surface area contributed by atoms with Crippen molar-refractivity contribution in [3.8, 4) is 0 Å². The van der Waals surface area contributed by atoms with E-state index in [0.29, 0.717) is 49.5 Å². The molecule has 1 N–H and O–H groups in total. The van der Waals surface area contributed by atoms with Gasteiger partial charge in [-0.1, -0.05) is 18.6 Å². The molecule has 3 heterocycles. The van der Waals surface area contributed by atoms with Gasteiger partial charge in [-0.05, 0) is 111 Å². The number of hydrogen-bond donors (Lipinski definition) is 1. The second-order valence-electron chi connectivity index (χ2n) is 16.4. The van der Waals surface area contributed by atoms with E-state index in [1.165, 1.54) is 20.1 Å². The van der Waals surface area contributed by atoms with Crippen LogP contribution in [0.2, 0.25) is 0 Å². The average molecular weight is 759 g/mol. The van der Waals surface area contributed by atoms with Gasteiger partial charge >= 0.3 is 5.97 Å². The van der Waals surface area contributed by atoms with Crippen molar-refractivity contribution in [2.45, 2.75) is 92.2 Å². The number of benzene rings is 2. The van der Waals surface area contributed by atoms with Gasteiger partial charge in [-0.25, -0.2) is 21.6 Å². The van der Waals surface area contributed by atoms with Crippen LogP contribution in [0.5, 0.6) is 0 Å². The molecule has 53 heavy (non-hydrogen) atoms. The molecule has 3 saturated heterocycles. The summed E-state index contributed by atoms with van der Waals surface area (Å²) in [6, 6.07) is 12.0. The quantitative estimate of drug-likeness (QED) is 0.263. The van der Waals surface area contributed by atoms with Crippen LogP contribution in [-0.2, 0) is 36.1 Å². The second kappa shape index (κ2) is 15.2. The number of nitrogens with zero attached hydrogens (tertiary/aromatic N) is 3. The first-order valence-corrected chi connectivity index (χ1v) is 20.8. The Hall–Kier alpha value is -3.16. The number of piperidine rings is 1. The second-order valence-corrected chi connectivity index (χ2v) is 18.6. The number of ether oxygens (including phenoxy) is 1. The van der Waals surface area contributed by atoms with E-state index in [9.17, 15) is 26.8 Å². The Bertz CT molecular complexity index is 1770. The van der Waals surface area contributed by atoms with Gasteiger partial charge in [-0.15, -0.1) is 0 Å². The molecule has 0 aromatic heterocycles. The monoisotopic (exact) mass is 758 g/mol. The van der Waals surface area contributed by atoms with Gasteiger partial charge in [0.2, 0.25) is 5.91 Å². The van der Waals surface area contributed by atoms with E-state index in [1.807, 2.05) is 21.9 Å². The fourth-order valence-corrected chi connectivity index (χ4v) is 11.8. The average Bonchev–Trinajstić information content (AvgIpc) is 3.87. The fraction of sp³-hybridized carbons (Fsp3) is 0.650. The third kappa shape index (κ3) is 7.99. The number of sulfone groups is 1. The molecule has 5 aliphatic rings. The van der Waals surface area contributed by atoms with Crippen LogP contribution in [0.3, 0.4) is 0 Å². The molecule has 3 aliphatic heterocycles. The van der Waals surface area contributed by atoms with Gasteiger partial charge in [0.25, 0.3) is 0 Å². The lowest BCUT2D eigenvalue weighted by atomic mass is 9.57. The predicted octanol–water partition coefficient (Wildman–Crippen LogP) is 5.21. The lowest BCUT2D eigenvalue weighted by Gasteiger charge is -2.52. The van der Waals surface area contributed by atoms with Crippen LogP contribution in [0.4, 0.5) is 18.9 Å². The molecule has 0 unspecified atom stereocenters. The van der Waals surface area contributed by atoms with E-state index in [1.54, 1.807) is 24.3 Å². The number of carbonyl (C=O) groups is 2. The van der Waals surface area contributed by atoms with Crippen molar-refractivity contribution in [2.24, 2.45) is 17.8 Å². The largest absolute Gasteiger partial charge is 0.469 e. The van der Waals surface area contributed by atoms with Crippen molar-refractivity contribution in [3.05, 3.63) is 59.4 Å². The lowest BCUT2D eigenvalue weighted by molar-refractivity contribution is -0.142. The third-order valence-electron chi connectivity index (χ3n) is 12.7.